The van der Waals surface area contributed by atoms with Gasteiger partial charge >= 0.3 is 5.97 Å². The fourth-order valence-electron chi connectivity index (χ4n) is 1.60. The molecule has 1 atom stereocenters. The standard InChI is InChI=1S/C14H20N2O4/c1-3-15-13(18)10(2)20-14(19)11-6-4-5-7-12(11)16-8-9-17/h4-7,10,16-17H,3,8-9H2,1-2H3,(H,15,18)/t10-/m0/s1. The smallest absolute Gasteiger partial charge is 0.341 e. The van der Waals surface area contributed by atoms with E-state index >= 15 is 0 Å². The molecule has 20 heavy (non-hydrogen) atoms. The first kappa shape index (κ1) is 16.0. The highest BCUT2D eigenvalue weighted by atomic mass is 16.5. The number of ether oxygens (including phenoxy) is 1. The van der Waals surface area contributed by atoms with Gasteiger partial charge in [-0.15, -0.1) is 0 Å². The summed E-state index contributed by atoms with van der Waals surface area (Å²) in [6, 6.07) is 6.79. The Labute approximate surface area is 118 Å². The highest BCUT2D eigenvalue weighted by molar-refractivity contribution is 5.97. The van der Waals surface area contributed by atoms with Crippen molar-refractivity contribution in [2.75, 3.05) is 25.0 Å². The zero-order valence-electron chi connectivity index (χ0n) is 11.7. The predicted molar refractivity (Wildman–Crippen MR) is 75.6 cm³/mol. The molecular formula is C14H20N2O4. The van der Waals surface area contributed by atoms with Crippen LogP contribution >= 0.6 is 0 Å². The lowest BCUT2D eigenvalue weighted by Crippen LogP contribution is -2.35. The van der Waals surface area contributed by atoms with Gasteiger partial charge in [0.1, 0.15) is 0 Å². The summed E-state index contributed by atoms with van der Waals surface area (Å²) in [4.78, 5) is 23.6. The summed E-state index contributed by atoms with van der Waals surface area (Å²) in [7, 11) is 0. The Hall–Kier alpha value is -2.08. The number of hydrogen-bond donors (Lipinski definition) is 3. The Kier molecular flexibility index (Phi) is 6.52. The van der Waals surface area contributed by atoms with Gasteiger partial charge in [0, 0.05) is 18.8 Å². The van der Waals surface area contributed by atoms with Crippen molar-refractivity contribution < 1.29 is 19.4 Å². The molecule has 1 rings (SSSR count). The molecule has 6 nitrogen and oxygen atoms in total. The Morgan fingerprint density at radius 3 is 2.70 bits per heavy atom. The van der Waals surface area contributed by atoms with E-state index in [4.69, 9.17) is 9.84 Å². The number of hydrogen-bond acceptors (Lipinski definition) is 5. The summed E-state index contributed by atoms with van der Waals surface area (Å²) in [5.74, 6) is -0.911. The molecule has 6 heteroatoms. The van der Waals surface area contributed by atoms with Crippen molar-refractivity contribution in [1.82, 2.24) is 5.32 Å². The van der Waals surface area contributed by atoms with E-state index in [1.165, 1.54) is 6.92 Å². The van der Waals surface area contributed by atoms with Gasteiger partial charge in [0.25, 0.3) is 5.91 Å². The highest BCUT2D eigenvalue weighted by Crippen LogP contribution is 2.16. The SMILES string of the molecule is CCNC(=O)[C@H](C)OC(=O)c1ccccc1NCCO. The van der Waals surface area contributed by atoms with Crippen molar-refractivity contribution in [3.63, 3.8) is 0 Å². The van der Waals surface area contributed by atoms with Gasteiger partial charge in [-0.05, 0) is 26.0 Å². The number of carbonyl (C=O) groups excluding carboxylic acids is 2. The molecular weight excluding hydrogens is 260 g/mol. The molecule has 0 spiro atoms. The molecule has 0 aliphatic heterocycles. The van der Waals surface area contributed by atoms with Gasteiger partial charge in [-0.1, -0.05) is 12.1 Å². The number of amides is 1. The van der Waals surface area contributed by atoms with Gasteiger partial charge in [0.2, 0.25) is 0 Å². The largest absolute Gasteiger partial charge is 0.449 e. The predicted octanol–water partition coefficient (Wildman–Crippen LogP) is 0.772. The maximum atomic E-state index is 12.0. The van der Waals surface area contributed by atoms with Gasteiger partial charge in [-0.3, -0.25) is 4.79 Å². The van der Waals surface area contributed by atoms with E-state index in [9.17, 15) is 9.59 Å². The molecule has 110 valence electrons. The van der Waals surface area contributed by atoms with Crippen LogP contribution in [-0.2, 0) is 9.53 Å². The van der Waals surface area contributed by atoms with Crippen molar-refractivity contribution in [2.45, 2.75) is 20.0 Å². The first-order valence-electron chi connectivity index (χ1n) is 6.52. The number of anilines is 1. The minimum Gasteiger partial charge on any atom is -0.449 e. The van der Waals surface area contributed by atoms with Crippen molar-refractivity contribution in [3.8, 4) is 0 Å². The van der Waals surface area contributed by atoms with Crippen molar-refractivity contribution in [3.05, 3.63) is 29.8 Å². The molecule has 0 saturated carbocycles. The summed E-state index contributed by atoms with van der Waals surface area (Å²) in [5, 5.41) is 14.3. The van der Waals surface area contributed by atoms with Crippen LogP contribution in [-0.4, -0.2) is 42.8 Å². The van der Waals surface area contributed by atoms with Crippen LogP contribution in [0.15, 0.2) is 24.3 Å². The lowest BCUT2D eigenvalue weighted by atomic mass is 10.2. The maximum Gasteiger partial charge on any atom is 0.341 e. The topological polar surface area (TPSA) is 87.7 Å². The Morgan fingerprint density at radius 2 is 2.05 bits per heavy atom. The average molecular weight is 280 g/mol. The van der Waals surface area contributed by atoms with Gasteiger partial charge in [0.05, 0.1) is 12.2 Å². The molecule has 0 heterocycles. The van der Waals surface area contributed by atoms with Crippen LogP contribution < -0.4 is 10.6 Å². The third kappa shape index (κ3) is 4.55. The number of carbonyl (C=O) groups is 2. The van der Waals surface area contributed by atoms with Gasteiger partial charge in [-0.25, -0.2) is 4.79 Å². The Morgan fingerprint density at radius 1 is 1.35 bits per heavy atom. The highest BCUT2D eigenvalue weighted by Gasteiger charge is 2.19. The molecule has 0 fully saturated rings. The summed E-state index contributed by atoms with van der Waals surface area (Å²) in [5.41, 5.74) is 0.895. The maximum absolute atomic E-state index is 12.0. The van der Waals surface area contributed by atoms with E-state index in [-0.39, 0.29) is 12.5 Å². The molecule has 0 unspecified atom stereocenters. The second-order valence-electron chi connectivity index (χ2n) is 4.14. The number of likely N-dealkylation sites (N-methyl/N-ethyl adjacent to an activating group) is 1. The zero-order valence-corrected chi connectivity index (χ0v) is 11.7. The van der Waals surface area contributed by atoms with E-state index in [1.54, 1.807) is 31.2 Å². The van der Waals surface area contributed by atoms with E-state index in [1.807, 2.05) is 0 Å². The van der Waals surface area contributed by atoms with Gasteiger partial charge < -0.3 is 20.5 Å². The zero-order chi connectivity index (χ0) is 15.0. The summed E-state index contributed by atoms with van der Waals surface area (Å²) >= 11 is 0. The van der Waals surface area contributed by atoms with Crippen LogP contribution in [0, 0.1) is 0 Å². The fraction of sp³-hybridized carbons (Fsp3) is 0.429. The monoisotopic (exact) mass is 280 g/mol. The molecule has 0 aliphatic carbocycles. The molecule has 1 aromatic carbocycles. The number of rotatable bonds is 7. The van der Waals surface area contributed by atoms with E-state index in [0.29, 0.717) is 24.3 Å². The Bertz CT molecular complexity index is 462. The van der Waals surface area contributed by atoms with Crippen LogP contribution in [0.1, 0.15) is 24.2 Å². The minimum absolute atomic E-state index is 0.0430. The molecule has 0 aliphatic rings. The number of nitrogens with one attached hydrogen (secondary N) is 2. The van der Waals surface area contributed by atoms with Crippen LogP contribution in [0.2, 0.25) is 0 Å². The molecule has 0 aromatic heterocycles. The molecule has 0 bridgehead atoms. The molecule has 3 N–H and O–H groups in total. The molecule has 0 saturated heterocycles. The van der Waals surface area contributed by atoms with E-state index < -0.39 is 12.1 Å². The number of aliphatic hydroxyl groups is 1. The number of para-hydroxylation sites is 1. The second-order valence-corrected chi connectivity index (χ2v) is 4.14. The first-order valence-corrected chi connectivity index (χ1v) is 6.52. The molecule has 1 aromatic rings. The summed E-state index contributed by atoms with van der Waals surface area (Å²) in [6.45, 7) is 4.08. The minimum atomic E-state index is -0.853. The fourth-order valence-corrected chi connectivity index (χ4v) is 1.60. The third-order valence-corrected chi connectivity index (χ3v) is 2.58. The summed E-state index contributed by atoms with van der Waals surface area (Å²) < 4.78 is 5.12. The van der Waals surface area contributed by atoms with Crippen molar-refractivity contribution in [2.24, 2.45) is 0 Å². The van der Waals surface area contributed by atoms with Gasteiger partial charge in [0.15, 0.2) is 6.10 Å². The molecule has 0 radical (unpaired) electrons. The Balaban J connectivity index is 2.74. The first-order chi connectivity index (χ1) is 9.60. The van der Waals surface area contributed by atoms with E-state index in [2.05, 4.69) is 10.6 Å². The van der Waals surface area contributed by atoms with Crippen LogP contribution in [0.3, 0.4) is 0 Å². The molecule has 1 amide bonds. The van der Waals surface area contributed by atoms with Crippen LogP contribution in [0.5, 0.6) is 0 Å². The van der Waals surface area contributed by atoms with Gasteiger partial charge in [-0.2, -0.15) is 0 Å². The van der Waals surface area contributed by atoms with Crippen LogP contribution in [0.25, 0.3) is 0 Å². The quantitative estimate of drug-likeness (QED) is 0.642. The van der Waals surface area contributed by atoms with Crippen LogP contribution in [0.4, 0.5) is 5.69 Å². The lowest BCUT2D eigenvalue weighted by molar-refractivity contribution is -0.128. The number of esters is 1. The second kappa shape index (κ2) is 8.16. The van der Waals surface area contributed by atoms with E-state index in [0.717, 1.165) is 0 Å². The number of benzene rings is 1. The number of aliphatic hydroxyl groups excluding tert-OH is 1. The van der Waals surface area contributed by atoms with Crippen molar-refractivity contribution in [1.29, 1.82) is 0 Å². The summed E-state index contributed by atoms with van der Waals surface area (Å²) in [6.07, 6.45) is -0.853. The third-order valence-electron chi connectivity index (χ3n) is 2.58. The lowest BCUT2D eigenvalue weighted by Gasteiger charge is -2.15. The van der Waals surface area contributed by atoms with Crippen molar-refractivity contribution >= 4 is 17.6 Å². The normalized spacial score (nSPS) is 11.6. The average Bonchev–Trinajstić information content (AvgIpc) is 2.45.